The molecule has 1 aromatic carbocycles. The van der Waals surface area contributed by atoms with Crippen molar-refractivity contribution in [2.75, 3.05) is 12.3 Å². The Morgan fingerprint density at radius 3 is 2.89 bits per heavy atom. The second-order valence-corrected chi connectivity index (χ2v) is 3.94. The summed E-state index contributed by atoms with van der Waals surface area (Å²) in [6.07, 6.45) is 0. The van der Waals surface area contributed by atoms with Gasteiger partial charge in [-0.3, -0.25) is 0 Å². The van der Waals surface area contributed by atoms with Crippen molar-refractivity contribution in [3.63, 3.8) is 0 Å². The molecule has 2 aromatic rings. The average Bonchev–Trinajstić information content (AvgIpc) is 2.71. The van der Waals surface area contributed by atoms with Gasteiger partial charge in [0.15, 0.2) is 0 Å². The second kappa shape index (κ2) is 5.09. The Balaban J connectivity index is 2.42. The number of carbonyl (C=O) groups is 1. The van der Waals surface area contributed by atoms with Crippen molar-refractivity contribution >= 4 is 11.9 Å². The number of aromatic nitrogens is 1. The third-order valence-corrected chi connectivity index (χ3v) is 2.48. The largest absolute Gasteiger partial charge is 0.461 e. The molecule has 0 aliphatic heterocycles. The summed E-state index contributed by atoms with van der Waals surface area (Å²) in [4.78, 5) is 15.4. The molecule has 0 aliphatic carbocycles. The van der Waals surface area contributed by atoms with Gasteiger partial charge in [0, 0.05) is 0 Å². The van der Waals surface area contributed by atoms with Crippen molar-refractivity contribution in [3.05, 3.63) is 35.3 Å². The van der Waals surface area contributed by atoms with Crippen LogP contribution in [-0.2, 0) is 4.74 Å². The molecule has 0 amide bonds. The minimum absolute atomic E-state index is 0.0435. The van der Waals surface area contributed by atoms with Gasteiger partial charge in [-0.05, 0) is 31.5 Å². The highest BCUT2D eigenvalue weighted by molar-refractivity contribution is 5.92. The van der Waals surface area contributed by atoms with Crippen LogP contribution in [0.3, 0.4) is 0 Å². The topological polar surface area (TPSA) is 78.3 Å². The number of nitrogens with two attached hydrogens (primary N) is 1. The lowest BCUT2D eigenvalue weighted by molar-refractivity contribution is 0.0521. The molecule has 100 valence electrons. The van der Waals surface area contributed by atoms with Gasteiger partial charge in [0.05, 0.1) is 12.2 Å². The zero-order valence-electron chi connectivity index (χ0n) is 10.6. The van der Waals surface area contributed by atoms with E-state index in [1.54, 1.807) is 19.9 Å². The Hall–Kier alpha value is -2.37. The summed E-state index contributed by atoms with van der Waals surface area (Å²) in [5.41, 5.74) is 6.31. The SMILES string of the molecule is CCOC(=O)c1nc(-c2ccc(C)cc2F)oc1N. The molecule has 1 aromatic heterocycles. The molecule has 5 nitrogen and oxygen atoms in total. The quantitative estimate of drug-likeness (QED) is 0.862. The molecule has 1 heterocycles. The van der Waals surface area contributed by atoms with Crippen LogP contribution >= 0.6 is 0 Å². The van der Waals surface area contributed by atoms with Crippen LogP contribution in [0.5, 0.6) is 0 Å². The summed E-state index contributed by atoms with van der Waals surface area (Å²) in [7, 11) is 0. The third kappa shape index (κ3) is 2.57. The number of anilines is 1. The maximum absolute atomic E-state index is 13.8. The summed E-state index contributed by atoms with van der Waals surface area (Å²) < 4.78 is 23.7. The first-order valence-corrected chi connectivity index (χ1v) is 5.73. The number of hydrogen-bond acceptors (Lipinski definition) is 5. The molecule has 0 radical (unpaired) electrons. The number of carbonyl (C=O) groups excluding carboxylic acids is 1. The minimum Gasteiger partial charge on any atom is -0.461 e. The fraction of sp³-hybridized carbons (Fsp3) is 0.231. The van der Waals surface area contributed by atoms with Crippen LogP contribution in [0.25, 0.3) is 11.5 Å². The van der Waals surface area contributed by atoms with Gasteiger partial charge >= 0.3 is 5.97 Å². The van der Waals surface area contributed by atoms with Crippen LogP contribution in [0.1, 0.15) is 23.0 Å². The lowest BCUT2D eigenvalue weighted by Gasteiger charge is -1.99. The molecule has 0 unspecified atom stereocenters. The van der Waals surface area contributed by atoms with Crippen molar-refractivity contribution in [3.8, 4) is 11.5 Å². The standard InChI is InChI=1S/C13H13FN2O3/c1-3-18-13(17)10-11(15)19-12(16-10)8-5-4-7(2)6-9(8)14/h4-6H,3,15H2,1-2H3. The molecule has 0 saturated carbocycles. The van der Waals surface area contributed by atoms with Crippen LogP contribution in [0.2, 0.25) is 0 Å². The number of nitrogen functional groups attached to an aromatic ring is 1. The van der Waals surface area contributed by atoms with Gasteiger partial charge in [0.25, 0.3) is 0 Å². The molecular weight excluding hydrogens is 251 g/mol. The highest BCUT2D eigenvalue weighted by Gasteiger charge is 2.21. The second-order valence-electron chi connectivity index (χ2n) is 3.94. The number of nitrogens with zero attached hydrogens (tertiary/aromatic N) is 1. The molecule has 0 spiro atoms. The van der Waals surface area contributed by atoms with Gasteiger partial charge in [0.1, 0.15) is 5.82 Å². The number of aryl methyl sites for hydroxylation is 1. The van der Waals surface area contributed by atoms with Gasteiger partial charge < -0.3 is 14.9 Å². The molecule has 0 saturated heterocycles. The lowest BCUT2D eigenvalue weighted by atomic mass is 10.1. The molecule has 2 rings (SSSR count). The molecule has 0 atom stereocenters. The van der Waals surface area contributed by atoms with Crippen LogP contribution in [0.4, 0.5) is 10.3 Å². The van der Waals surface area contributed by atoms with Gasteiger partial charge in [-0.1, -0.05) is 6.07 Å². The highest BCUT2D eigenvalue weighted by Crippen LogP contribution is 2.26. The van der Waals surface area contributed by atoms with Gasteiger partial charge in [-0.2, -0.15) is 4.98 Å². The first-order chi connectivity index (χ1) is 9.02. The predicted octanol–water partition coefficient (Wildman–Crippen LogP) is 2.55. The number of oxazole rings is 1. The van der Waals surface area contributed by atoms with Crippen LogP contribution < -0.4 is 5.73 Å². The Morgan fingerprint density at radius 2 is 2.26 bits per heavy atom. The first kappa shape index (κ1) is 13.1. The van der Waals surface area contributed by atoms with E-state index < -0.39 is 11.8 Å². The van der Waals surface area contributed by atoms with Crippen molar-refractivity contribution in [2.24, 2.45) is 0 Å². The summed E-state index contributed by atoms with van der Waals surface area (Å²) in [6.45, 7) is 3.62. The third-order valence-electron chi connectivity index (χ3n) is 2.48. The van der Waals surface area contributed by atoms with Crippen molar-refractivity contribution in [1.82, 2.24) is 4.98 Å². The normalized spacial score (nSPS) is 10.5. The maximum atomic E-state index is 13.8. The summed E-state index contributed by atoms with van der Waals surface area (Å²) >= 11 is 0. The summed E-state index contributed by atoms with van der Waals surface area (Å²) in [5, 5.41) is 0. The number of rotatable bonds is 3. The number of halogens is 1. The molecule has 0 fully saturated rings. The number of hydrogen-bond donors (Lipinski definition) is 1. The summed E-state index contributed by atoms with van der Waals surface area (Å²) in [5.74, 6) is -1.41. The molecule has 19 heavy (non-hydrogen) atoms. The van der Waals surface area contributed by atoms with Crippen molar-refractivity contribution in [2.45, 2.75) is 13.8 Å². The fourth-order valence-electron chi connectivity index (χ4n) is 1.59. The van der Waals surface area contributed by atoms with Crippen LogP contribution in [0, 0.1) is 12.7 Å². The Labute approximate surface area is 109 Å². The first-order valence-electron chi connectivity index (χ1n) is 5.73. The van der Waals surface area contributed by atoms with Crippen molar-refractivity contribution < 1.29 is 18.3 Å². The van der Waals surface area contributed by atoms with Crippen LogP contribution in [0.15, 0.2) is 22.6 Å². The molecular formula is C13H13FN2O3. The van der Waals surface area contributed by atoms with E-state index in [1.165, 1.54) is 12.1 Å². The van der Waals surface area contributed by atoms with Crippen molar-refractivity contribution in [1.29, 1.82) is 0 Å². The zero-order chi connectivity index (χ0) is 14.0. The van der Waals surface area contributed by atoms with E-state index in [2.05, 4.69) is 4.98 Å². The van der Waals surface area contributed by atoms with E-state index in [1.807, 2.05) is 0 Å². The molecule has 2 N–H and O–H groups in total. The number of benzene rings is 1. The minimum atomic E-state index is -0.692. The van der Waals surface area contributed by atoms with Gasteiger partial charge in [0.2, 0.25) is 17.5 Å². The molecule has 6 heteroatoms. The number of ether oxygens (including phenoxy) is 1. The van der Waals surface area contributed by atoms with E-state index in [9.17, 15) is 9.18 Å². The van der Waals surface area contributed by atoms with E-state index in [0.717, 1.165) is 5.56 Å². The zero-order valence-corrected chi connectivity index (χ0v) is 10.6. The Kier molecular flexibility index (Phi) is 3.50. The summed E-state index contributed by atoms with van der Waals surface area (Å²) in [6, 6.07) is 4.58. The fourth-order valence-corrected chi connectivity index (χ4v) is 1.59. The van der Waals surface area contributed by atoms with E-state index in [-0.39, 0.29) is 29.6 Å². The average molecular weight is 264 g/mol. The lowest BCUT2D eigenvalue weighted by Crippen LogP contribution is -2.07. The van der Waals surface area contributed by atoms with E-state index in [4.69, 9.17) is 14.9 Å². The highest BCUT2D eigenvalue weighted by atomic mass is 19.1. The molecule has 0 aliphatic rings. The Bertz CT molecular complexity index is 622. The smallest absolute Gasteiger partial charge is 0.362 e. The number of esters is 1. The predicted molar refractivity (Wildman–Crippen MR) is 67.0 cm³/mol. The van der Waals surface area contributed by atoms with E-state index in [0.29, 0.717) is 0 Å². The van der Waals surface area contributed by atoms with E-state index >= 15 is 0 Å². The van der Waals surface area contributed by atoms with Gasteiger partial charge in [-0.15, -0.1) is 0 Å². The van der Waals surface area contributed by atoms with Gasteiger partial charge in [-0.25, -0.2) is 9.18 Å². The molecule has 0 bridgehead atoms. The maximum Gasteiger partial charge on any atom is 0.362 e. The monoisotopic (exact) mass is 264 g/mol. The Morgan fingerprint density at radius 1 is 1.53 bits per heavy atom. The van der Waals surface area contributed by atoms with Crippen LogP contribution in [-0.4, -0.2) is 17.6 Å².